The van der Waals surface area contributed by atoms with Crippen LogP contribution in [0.25, 0.3) is 0 Å². The van der Waals surface area contributed by atoms with Crippen LogP contribution in [0.5, 0.6) is 0 Å². The largest absolute Gasteiger partial charge is 0.390 e. The third-order valence-electron chi connectivity index (χ3n) is 9.13. The minimum atomic E-state index is -0.420. The van der Waals surface area contributed by atoms with E-state index in [0.717, 1.165) is 48.9 Å². The summed E-state index contributed by atoms with van der Waals surface area (Å²) in [5.41, 5.74) is -0.115. The predicted octanol–water partition coefficient (Wildman–Crippen LogP) is 5.36. The fraction of sp³-hybridized carbons (Fsp3) is 0.955. The van der Waals surface area contributed by atoms with Crippen LogP contribution in [-0.2, 0) is 4.79 Å². The number of carbonyl (C=O) groups excluding carboxylic acids is 1. The molecule has 0 unspecified atom stereocenters. The second kappa shape index (κ2) is 6.62. The van der Waals surface area contributed by atoms with Gasteiger partial charge < -0.3 is 5.11 Å². The van der Waals surface area contributed by atoms with Gasteiger partial charge in [0, 0.05) is 5.92 Å². The number of Topliss-reactive ketones (excluding diaryl/α,β-unsaturated/α-hetero) is 1. The summed E-state index contributed by atoms with van der Waals surface area (Å²) in [5.74, 6) is 4.88. The number of hydrogen-bond donors (Lipinski definition) is 1. The molecule has 8 atom stereocenters. The Morgan fingerprint density at radius 3 is 2.52 bits per heavy atom. The van der Waals surface area contributed by atoms with Crippen LogP contribution >= 0.6 is 15.9 Å². The molecule has 0 aromatic carbocycles. The lowest BCUT2D eigenvalue weighted by molar-refractivity contribution is -0.132. The lowest BCUT2D eigenvalue weighted by Gasteiger charge is -2.57. The third-order valence-corrected chi connectivity index (χ3v) is 9.68. The molecular formula is C22H35BrO2. The van der Waals surface area contributed by atoms with Gasteiger partial charge in [-0.1, -0.05) is 22.9 Å². The molecule has 4 fully saturated rings. The SMILES string of the molecule is CC[C@]12CC[C@H]3[C@@H](CC[C@@H]4C[C@](C)(O)CC[C@@H]43)[C@@H]1CC[C@@H]2C(=O)CBr. The third kappa shape index (κ3) is 2.87. The molecule has 4 saturated carbocycles. The standard InChI is InChI=1S/C22H35BrO2/c1-3-22-11-9-16-15-8-10-21(2,25)12-14(15)4-5-17(16)18(22)6-7-19(22)20(24)13-23/h14-19,25H,3-13H2,1-2H3/t14-,15+,16-,17-,18+,19-,21-,22+/m1/s1. The van der Waals surface area contributed by atoms with Crippen molar-refractivity contribution in [1.82, 2.24) is 0 Å². The second-order valence-electron chi connectivity index (χ2n) is 10.0. The Balaban J connectivity index is 1.57. The summed E-state index contributed by atoms with van der Waals surface area (Å²) < 4.78 is 0. The number of ketones is 1. The first-order chi connectivity index (χ1) is 11.9. The molecule has 0 aromatic heterocycles. The summed E-state index contributed by atoms with van der Waals surface area (Å²) in [6.07, 6.45) is 12.1. The van der Waals surface area contributed by atoms with Crippen molar-refractivity contribution >= 4 is 21.7 Å². The molecule has 3 heteroatoms. The van der Waals surface area contributed by atoms with E-state index in [2.05, 4.69) is 22.9 Å². The van der Waals surface area contributed by atoms with Crippen molar-refractivity contribution in [3.63, 3.8) is 0 Å². The highest BCUT2D eigenvalue weighted by Gasteiger charge is 2.59. The Bertz CT molecular complexity index is 530. The first kappa shape index (κ1) is 18.5. The van der Waals surface area contributed by atoms with Gasteiger partial charge in [0.15, 0.2) is 0 Å². The van der Waals surface area contributed by atoms with Crippen molar-refractivity contribution in [1.29, 1.82) is 0 Å². The van der Waals surface area contributed by atoms with Gasteiger partial charge in [0.05, 0.1) is 10.9 Å². The van der Waals surface area contributed by atoms with E-state index in [0.29, 0.717) is 22.4 Å². The molecule has 0 heterocycles. The van der Waals surface area contributed by atoms with Gasteiger partial charge in [0.1, 0.15) is 5.78 Å². The van der Waals surface area contributed by atoms with Crippen molar-refractivity contribution in [2.75, 3.05) is 5.33 Å². The summed E-state index contributed by atoms with van der Waals surface area (Å²) in [4.78, 5) is 12.6. The van der Waals surface area contributed by atoms with Crippen molar-refractivity contribution in [3.8, 4) is 0 Å². The van der Waals surface area contributed by atoms with Crippen LogP contribution in [0.3, 0.4) is 0 Å². The summed E-state index contributed by atoms with van der Waals surface area (Å²) in [5, 5.41) is 11.1. The monoisotopic (exact) mass is 410 g/mol. The number of fused-ring (bicyclic) bond motifs is 5. The molecule has 0 aromatic rings. The highest BCUT2D eigenvalue weighted by molar-refractivity contribution is 9.09. The highest BCUT2D eigenvalue weighted by Crippen LogP contribution is 2.65. The van der Waals surface area contributed by atoms with Crippen LogP contribution in [0, 0.1) is 40.9 Å². The van der Waals surface area contributed by atoms with Gasteiger partial charge in [-0.2, -0.15) is 0 Å². The normalized spacial score (nSPS) is 52.2. The quantitative estimate of drug-likeness (QED) is 0.635. The Labute approximate surface area is 161 Å². The molecular weight excluding hydrogens is 376 g/mol. The summed E-state index contributed by atoms with van der Waals surface area (Å²) in [7, 11) is 0. The summed E-state index contributed by atoms with van der Waals surface area (Å²) in [6.45, 7) is 4.39. The molecule has 25 heavy (non-hydrogen) atoms. The van der Waals surface area contributed by atoms with E-state index in [9.17, 15) is 9.90 Å². The Morgan fingerprint density at radius 2 is 1.80 bits per heavy atom. The lowest BCUT2D eigenvalue weighted by atomic mass is 9.48. The Kier molecular flexibility index (Phi) is 4.89. The van der Waals surface area contributed by atoms with Gasteiger partial charge >= 0.3 is 0 Å². The van der Waals surface area contributed by atoms with Gasteiger partial charge in [0.25, 0.3) is 0 Å². The molecule has 4 rings (SSSR count). The topological polar surface area (TPSA) is 37.3 Å². The average molecular weight is 411 g/mol. The zero-order valence-corrected chi connectivity index (χ0v) is 17.6. The van der Waals surface area contributed by atoms with Crippen molar-refractivity contribution < 1.29 is 9.90 Å². The molecule has 0 radical (unpaired) electrons. The van der Waals surface area contributed by atoms with E-state index in [1.807, 2.05) is 6.92 Å². The highest BCUT2D eigenvalue weighted by atomic mass is 79.9. The van der Waals surface area contributed by atoms with Crippen LogP contribution < -0.4 is 0 Å². The van der Waals surface area contributed by atoms with Crippen molar-refractivity contribution in [2.45, 2.75) is 83.7 Å². The zero-order chi connectivity index (χ0) is 17.8. The Morgan fingerprint density at radius 1 is 1.04 bits per heavy atom. The lowest BCUT2D eigenvalue weighted by Crippen LogP contribution is -2.51. The fourth-order valence-electron chi connectivity index (χ4n) is 8.15. The molecule has 1 N–H and O–H groups in total. The first-order valence-electron chi connectivity index (χ1n) is 10.7. The molecule has 0 spiro atoms. The zero-order valence-electron chi connectivity index (χ0n) is 16.0. The first-order valence-corrected chi connectivity index (χ1v) is 11.8. The van der Waals surface area contributed by atoms with Gasteiger partial charge in [-0.3, -0.25) is 4.79 Å². The summed E-state index contributed by atoms with van der Waals surface area (Å²) in [6, 6.07) is 0. The molecule has 142 valence electrons. The van der Waals surface area contributed by atoms with Gasteiger partial charge in [-0.15, -0.1) is 0 Å². The van der Waals surface area contributed by atoms with Crippen LogP contribution in [0.2, 0.25) is 0 Å². The second-order valence-corrected chi connectivity index (χ2v) is 10.6. The summed E-state index contributed by atoms with van der Waals surface area (Å²) >= 11 is 3.45. The van der Waals surface area contributed by atoms with Gasteiger partial charge in [-0.05, 0) is 106 Å². The maximum absolute atomic E-state index is 12.6. The molecule has 0 bridgehead atoms. The molecule has 0 aliphatic heterocycles. The molecule has 0 amide bonds. The van der Waals surface area contributed by atoms with E-state index in [1.54, 1.807) is 0 Å². The molecule has 4 aliphatic rings. The minimum absolute atomic E-state index is 0.305. The van der Waals surface area contributed by atoms with Crippen molar-refractivity contribution in [3.05, 3.63) is 0 Å². The number of halogens is 1. The fourth-order valence-corrected chi connectivity index (χ4v) is 8.54. The molecule has 4 aliphatic carbocycles. The maximum Gasteiger partial charge on any atom is 0.147 e. The van der Waals surface area contributed by atoms with Crippen molar-refractivity contribution in [2.24, 2.45) is 40.9 Å². The van der Waals surface area contributed by atoms with Crippen LogP contribution in [0.15, 0.2) is 0 Å². The van der Waals surface area contributed by atoms with E-state index in [-0.39, 0.29) is 0 Å². The smallest absolute Gasteiger partial charge is 0.147 e. The van der Waals surface area contributed by atoms with E-state index in [4.69, 9.17) is 0 Å². The van der Waals surface area contributed by atoms with Crippen LogP contribution in [0.4, 0.5) is 0 Å². The van der Waals surface area contributed by atoms with E-state index >= 15 is 0 Å². The molecule has 2 nitrogen and oxygen atoms in total. The van der Waals surface area contributed by atoms with Gasteiger partial charge in [0.2, 0.25) is 0 Å². The molecule has 0 saturated heterocycles. The van der Waals surface area contributed by atoms with Gasteiger partial charge in [-0.25, -0.2) is 0 Å². The Hall–Kier alpha value is 0.110. The minimum Gasteiger partial charge on any atom is -0.390 e. The number of hydrogen-bond acceptors (Lipinski definition) is 2. The maximum atomic E-state index is 12.6. The van der Waals surface area contributed by atoms with Crippen LogP contribution in [0.1, 0.15) is 78.1 Å². The number of aliphatic hydroxyl groups is 1. The number of rotatable bonds is 3. The van der Waals surface area contributed by atoms with E-state index < -0.39 is 5.60 Å². The van der Waals surface area contributed by atoms with Crippen LogP contribution in [-0.4, -0.2) is 21.8 Å². The average Bonchev–Trinajstić information content (AvgIpc) is 2.99. The number of alkyl halides is 1. The predicted molar refractivity (Wildman–Crippen MR) is 105 cm³/mol. The van der Waals surface area contributed by atoms with E-state index in [1.165, 1.54) is 44.9 Å². The number of carbonyl (C=O) groups is 1.